The highest BCUT2D eigenvalue weighted by atomic mass is 15.3. The molecule has 4 aliphatic heterocycles. The Morgan fingerprint density at radius 2 is 2.00 bits per heavy atom. The fourth-order valence-corrected chi connectivity index (χ4v) is 5.08. The van der Waals surface area contributed by atoms with Crippen molar-refractivity contribution in [1.82, 2.24) is 15.1 Å². The Bertz CT molecular complexity index is 306. The van der Waals surface area contributed by atoms with Gasteiger partial charge in [0.1, 0.15) is 0 Å². The third kappa shape index (κ3) is 1.52. The molecule has 4 aliphatic rings. The molecule has 0 saturated carbocycles. The van der Waals surface area contributed by atoms with E-state index in [9.17, 15) is 0 Å². The fraction of sp³-hybridized carbons (Fsp3) is 1.00. The van der Waals surface area contributed by atoms with E-state index in [0.29, 0.717) is 0 Å². The van der Waals surface area contributed by atoms with Gasteiger partial charge in [0.25, 0.3) is 0 Å². The molecule has 4 heterocycles. The summed E-state index contributed by atoms with van der Waals surface area (Å²) in [7, 11) is 0. The summed E-state index contributed by atoms with van der Waals surface area (Å²) in [6.45, 7) is 9.13. The maximum absolute atomic E-state index is 3.58. The Balaban J connectivity index is 1.52. The molecule has 4 saturated heterocycles. The van der Waals surface area contributed by atoms with Gasteiger partial charge < -0.3 is 5.32 Å². The standard InChI is InChI=1S/C14H25N3/c1-10-12-8-15-7-11(12)9-17(10)14-4-6-16-5-2-3-13(14)16/h10-15H,2-9H2,1H3. The van der Waals surface area contributed by atoms with Crippen LogP contribution in [0.5, 0.6) is 0 Å². The van der Waals surface area contributed by atoms with Crippen LogP contribution in [0.3, 0.4) is 0 Å². The summed E-state index contributed by atoms with van der Waals surface area (Å²) < 4.78 is 0. The monoisotopic (exact) mass is 235 g/mol. The van der Waals surface area contributed by atoms with Gasteiger partial charge in [0, 0.05) is 31.2 Å². The normalized spacial score (nSPS) is 51.0. The number of likely N-dealkylation sites (tertiary alicyclic amines) is 1. The summed E-state index contributed by atoms with van der Waals surface area (Å²) in [5, 5.41) is 3.58. The summed E-state index contributed by atoms with van der Waals surface area (Å²) in [6.07, 6.45) is 4.33. The molecular formula is C14H25N3. The molecule has 0 radical (unpaired) electrons. The minimum Gasteiger partial charge on any atom is -0.316 e. The molecule has 4 fully saturated rings. The van der Waals surface area contributed by atoms with Crippen molar-refractivity contribution in [3.63, 3.8) is 0 Å². The lowest BCUT2D eigenvalue weighted by molar-refractivity contribution is 0.139. The second-order valence-electron chi connectivity index (χ2n) is 6.62. The lowest BCUT2D eigenvalue weighted by Gasteiger charge is -2.34. The molecule has 0 bridgehead atoms. The van der Waals surface area contributed by atoms with Crippen LogP contribution >= 0.6 is 0 Å². The molecule has 1 N–H and O–H groups in total. The van der Waals surface area contributed by atoms with Crippen molar-refractivity contribution < 1.29 is 0 Å². The zero-order chi connectivity index (χ0) is 11.4. The van der Waals surface area contributed by atoms with Gasteiger partial charge >= 0.3 is 0 Å². The second-order valence-corrected chi connectivity index (χ2v) is 6.62. The minimum absolute atomic E-state index is 0.820. The number of fused-ring (bicyclic) bond motifs is 2. The summed E-state index contributed by atoms with van der Waals surface area (Å²) in [4.78, 5) is 5.63. The van der Waals surface area contributed by atoms with E-state index >= 15 is 0 Å². The van der Waals surface area contributed by atoms with Crippen LogP contribution in [0.25, 0.3) is 0 Å². The minimum atomic E-state index is 0.820. The molecule has 5 atom stereocenters. The molecule has 0 aliphatic carbocycles. The molecule has 4 rings (SSSR count). The van der Waals surface area contributed by atoms with Crippen LogP contribution in [0.15, 0.2) is 0 Å². The van der Waals surface area contributed by atoms with Crippen molar-refractivity contribution in [3.05, 3.63) is 0 Å². The zero-order valence-electron chi connectivity index (χ0n) is 10.9. The number of nitrogens with one attached hydrogen (secondary N) is 1. The molecule has 0 aromatic carbocycles. The van der Waals surface area contributed by atoms with Gasteiger partial charge in [0.05, 0.1) is 0 Å². The van der Waals surface area contributed by atoms with Crippen LogP contribution in [0, 0.1) is 11.8 Å². The quantitative estimate of drug-likeness (QED) is 0.724. The van der Waals surface area contributed by atoms with E-state index in [-0.39, 0.29) is 0 Å². The van der Waals surface area contributed by atoms with Crippen LogP contribution in [0.2, 0.25) is 0 Å². The van der Waals surface area contributed by atoms with E-state index in [1.807, 2.05) is 0 Å². The lowest BCUT2D eigenvalue weighted by Crippen LogP contribution is -2.46. The SMILES string of the molecule is CC1C2CNCC2CN1C1CCN2CCCC12. The maximum Gasteiger partial charge on any atom is 0.0266 e. The van der Waals surface area contributed by atoms with E-state index in [2.05, 4.69) is 22.0 Å². The van der Waals surface area contributed by atoms with Crippen LogP contribution in [0.4, 0.5) is 0 Å². The highest BCUT2D eigenvalue weighted by molar-refractivity contribution is 5.04. The average Bonchev–Trinajstić information content (AvgIpc) is 3.01. The molecule has 0 spiro atoms. The van der Waals surface area contributed by atoms with E-state index in [0.717, 1.165) is 30.0 Å². The number of hydrogen-bond donors (Lipinski definition) is 1. The molecule has 17 heavy (non-hydrogen) atoms. The van der Waals surface area contributed by atoms with Crippen molar-refractivity contribution in [2.45, 2.75) is 44.3 Å². The van der Waals surface area contributed by atoms with Crippen molar-refractivity contribution in [1.29, 1.82) is 0 Å². The molecule has 96 valence electrons. The Kier molecular flexibility index (Phi) is 2.50. The molecule has 0 aromatic rings. The molecule has 3 heteroatoms. The first-order valence-corrected chi connectivity index (χ1v) is 7.55. The smallest absolute Gasteiger partial charge is 0.0266 e. The van der Waals surface area contributed by atoms with Gasteiger partial charge in [-0.05, 0) is 57.7 Å². The topological polar surface area (TPSA) is 18.5 Å². The van der Waals surface area contributed by atoms with Gasteiger partial charge in [-0.25, -0.2) is 0 Å². The zero-order valence-corrected chi connectivity index (χ0v) is 10.9. The third-order valence-corrected chi connectivity index (χ3v) is 5.98. The van der Waals surface area contributed by atoms with Crippen molar-refractivity contribution in [2.75, 3.05) is 32.7 Å². The van der Waals surface area contributed by atoms with Gasteiger partial charge in [-0.2, -0.15) is 0 Å². The largest absolute Gasteiger partial charge is 0.316 e. The van der Waals surface area contributed by atoms with Gasteiger partial charge in [-0.15, -0.1) is 0 Å². The summed E-state index contributed by atoms with van der Waals surface area (Å²) >= 11 is 0. The van der Waals surface area contributed by atoms with Crippen LogP contribution in [-0.2, 0) is 0 Å². The molecule has 0 aromatic heterocycles. The maximum atomic E-state index is 3.58. The first-order valence-electron chi connectivity index (χ1n) is 7.55. The van der Waals surface area contributed by atoms with E-state index in [4.69, 9.17) is 0 Å². The fourth-order valence-electron chi connectivity index (χ4n) is 5.08. The second kappa shape index (κ2) is 3.94. The number of rotatable bonds is 1. The number of hydrogen-bond acceptors (Lipinski definition) is 3. The first kappa shape index (κ1) is 10.8. The molecular weight excluding hydrogens is 210 g/mol. The Morgan fingerprint density at radius 3 is 2.88 bits per heavy atom. The average molecular weight is 235 g/mol. The van der Waals surface area contributed by atoms with Gasteiger partial charge in [-0.1, -0.05) is 0 Å². The Morgan fingerprint density at radius 1 is 1.06 bits per heavy atom. The van der Waals surface area contributed by atoms with Gasteiger partial charge in [-0.3, -0.25) is 9.80 Å². The summed E-state index contributed by atoms with van der Waals surface area (Å²) in [6, 6.07) is 2.61. The lowest BCUT2D eigenvalue weighted by atomic mass is 9.95. The highest BCUT2D eigenvalue weighted by Crippen LogP contribution is 2.39. The van der Waals surface area contributed by atoms with Crippen molar-refractivity contribution >= 4 is 0 Å². The van der Waals surface area contributed by atoms with Crippen molar-refractivity contribution in [3.8, 4) is 0 Å². The predicted molar refractivity (Wildman–Crippen MR) is 69.0 cm³/mol. The number of nitrogens with zero attached hydrogens (tertiary/aromatic N) is 2. The van der Waals surface area contributed by atoms with Crippen molar-refractivity contribution in [2.24, 2.45) is 11.8 Å². The summed E-state index contributed by atoms with van der Waals surface area (Å²) in [5.74, 6) is 1.88. The summed E-state index contributed by atoms with van der Waals surface area (Å²) in [5.41, 5.74) is 0. The van der Waals surface area contributed by atoms with Crippen LogP contribution in [0.1, 0.15) is 26.2 Å². The molecule has 5 unspecified atom stereocenters. The first-order chi connectivity index (χ1) is 8.34. The van der Waals surface area contributed by atoms with Gasteiger partial charge in [0.15, 0.2) is 0 Å². The van der Waals surface area contributed by atoms with Crippen LogP contribution in [-0.4, -0.2) is 60.6 Å². The van der Waals surface area contributed by atoms with Gasteiger partial charge in [0.2, 0.25) is 0 Å². The molecule has 3 nitrogen and oxygen atoms in total. The van der Waals surface area contributed by atoms with E-state index < -0.39 is 0 Å². The Hall–Kier alpha value is -0.120. The Labute approximate surface area is 105 Å². The third-order valence-electron chi connectivity index (χ3n) is 5.98. The van der Waals surface area contributed by atoms with E-state index in [1.165, 1.54) is 52.0 Å². The van der Waals surface area contributed by atoms with Crippen LogP contribution < -0.4 is 5.32 Å². The highest BCUT2D eigenvalue weighted by Gasteiger charge is 2.48. The van der Waals surface area contributed by atoms with E-state index in [1.54, 1.807) is 0 Å². The molecule has 0 amide bonds. The predicted octanol–water partition coefficient (Wildman–Crippen LogP) is 0.763.